The molecule has 1 nitrogen and oxygen atoms in total. The van der Waals surface area contributed by atoms with E-state index in [1.54, 1.807) is 5.56 Å². The fourth-order valence-electron chi connectivity index (χ4n) is 6.08. The van der Waals surface area contributed by atoms with E-state index in [-0.39, 0.29) is 0 Å². The molecule has 0 unspecified atom stereocenters. The molecule has 0 bridgehead atoms. The second-order valence-corrected chi connectivity index (χ2v) is 10.2. The Morgan fingerprint density at radius 2 is 1.31 bits per heavy atom. The van der Waals surface area contributed by atoms with Crippen LogP contribution in [0.15, 0.2) is 60.7 Å². The molecule has 0 aromatic heterocycles. The summed E-state index contributed by atoms with van der Waals surface area (Å²) in [6.45, 7) is 5.87. The Morgan fingerprint density at radius 3 is 1.88 bits per heavy atom. The van der Waals surface area contributed by atoms with Crippen LogP contribution in [0.25, 0.3) is 11.1 Å². The third kappa shape index (κ3) is 6.13. The molecule has 32 heavy (non-hydrogen) atoms. The molecule has 1 heteroatoms. The predicted molar refractivity (Wildman–Crippen MR) is 137 cm³/mol. The quantitative estimate of drug-likeness (QED) is 0.300. The number of hydrogen-bond donors (Lipinski definition) is 0. The van der Waals surface area contributed by atoms with Gasteiger partial charge in [0.1, 0.15) is 0 Å². The first-order valence-corrected chi connectivity index (χ1v) is 13.2. The molecular weight excluding hydrogens is 388 g/mol. The van der Waals surface area contributed by atoms with Crippen LogP contribution in [0.1, 0.15) is 88.7 Å². The maximum absolute atomic E-state index is 5.66. The van der Waals surface area contributed by atoms with Crippen molar-refractivity contribution >= 4 is 0 Å². The Hall–Kier alpha value is -1.86. The second kappa shape index (κ2) is 11.8. The van der Waals surface area contributed by atoms with Crippen molar-refractivity contribution in [2.75, 3.05) is 6.61 Å². The maximum Gasteiger partial charge on any atom is 0.0716 e. The number of benzene rings is 2. The van der Waals surface area contributed by atoms with E-state index in [0.29, 0.717) is 6.61 Å². The molecule has 4 rings (SSSR count). The minimum Gasteiger partial charge on any atom is -0.377 e. The third-order valence-corrected chi connectivity index (χ3v) is 8.01. The Labute approximate surface area is 196 Å². The van der Waals surface area contributed by atoms with Crippen molar-refractivity contribution in [3.63, 3.8) is 0 Å². The van der Waals surface area contributed by atoms with Crippen molar-refractivity contribution in [3.8, 4) is 11.1 Å². The molecule has 2 fully saturated rings. The maximum atomic E-state index is 5.66. The van der Waals surface area contributed by atoms with Gasteiger partial charge in [0.2, 0.25) is 0 Å². The fraction of sp³-hybridized carbons (Fsp3) is 0.548. The third-order valence-electron chi connectivity index (χ3n) is 8.01. The average Bonchev–Trinajstić information content (AvgIpc) is 2.86. The van der Waals surface area contributed by atoms with E-state index in [1.165, 1.54) is 68.1 Å². The zero-order valence-electron chi connectivity index (χ0n) is 20.3. The molecule has 172 valence electrons. The molecule has 0 amide bonds. The molecule has 2 aromatic carbocycles. The van der Waals surface area contributed by atoms with Gasteiger partial charge in [-0.1, -0.05) is 67.6 Å². The van der Waals surface area contributed by atoms with Gasteiger partial charge in [-0.3, -0.25) is 0 Å². The SMILES string of the molecule is CC=C[C@H]1CC[C@H]([C@H]2CC[C@H](c3ccc(-c4ccc(COCCC)cc4)cc3)CC2)CC1. The highest BCUT2D eigenvalue weighted by Gasteiger charge is 2.30. The van der Waals surface area contributed by atoms with Gasteiger partial charge in [0, 0.05) is 6.61 Å². The molecule has 2 aliphatic rings. The standard InChI is InChI=1S/C31H42O/c1-3-5-24-6-10-26(11-7-24)28-14-18-30(19-15-28)31-20-16-29(17-21-31)27-12-8-25(9-13-27)23-32-22-4-2/h3,5,8-9,12-13,16-17,20-21,24,26,28,30H,4,6-7,10-11,14-15,18-19,22-23H2,1-2H3/t24-,26-,28-,30-. The van der Waals surface area contributed by atoms with Crippen LogP contribution >= 0.6 is 0 Å². The normalized spacial score (nSPS) is 26.4. The van der Waals surface area contributed by atoms with E-state index >= 15 is 0 Å². The summed E-state index contributed by atoms with van der Waals surface area (Å²) >= 11 is 0. The number of ether oxygens (including phenoxy) is 1. The predicted octanol–water partition coefficient (Wildman–Crippen LogP) is 8.94. The van der Waals surface area contributed by atoms with Gasteiger partial charge in [-0.15, -0.1) is 0 Å². The first-order valence-electron chi connectivity index (χ1n) is 13.2. The van der Waals surface area contributed by atoms with Gasteiger partial charge in [-0.2, -0.15) is 0 Å². The second-order valence-electron chi connectivity index (χ2n) is 10.2. The smallest absolute Gasteiger partial charge is 0.0716 e. The molecule has 0 spiro atoms. The first-order chi connectivity index (χ1) is 15.8. The van der Waals surface area contributed by atoms with E-state index in [9.17, 15) is 0 Å². The summed E-state index contributed by atoms with van der Waals surface area (Å²) in [6, 6.07) is 18.3. The van der Waals surface area contributed by atoms with Crippen LogP contribution in [0.5, 0.6) is 0 Å². The summed E-state index contributed by atoms with van der Waals surface area (Å²) in [5.41, 5.74) is 5.42. The van der Waals surface area contributed by atoms with Crippen LogP contribution in [0.3, 0.4) is 0 Å². The van der Waals surface area contributed by atoms with Gasteiger partial charge in [0.25, 0.3) is 0 Å². The van der Waals surface area contributed by atoms with Gasteiger partial charge in [0.15, 0.2) is 0 Å². The summed E-state index contributed by atoms with van der Waals surface area (Å²) in [5.74, 6) is 3.60. The van der Waals surface area contributed by atoms with Crippen LogP contribution in [-0.4, -0.2) is 6.61 Å². The number of hydrogen-bond acceptors (Lipinski definition) is 1. The van der Waals surface area contributed by atoms with Crippen LogP contribution < -0.4 is 0 Å². The lowest BCUT2D eigenvalue weighted by Crippen LogP contribution is -2.25. The summed E-state index contributed by atoms with van der Waals surface area (Å²) in [6.07, 6.45) is 17.2. The average molecular weight is 431 g/mol. The molecule has 2 aliphatic carbocycles. The number of allylic oxidation sites excluding steroid dienone is 2. The van der Waals surface area contributed by atoms with Gasteiger partial charge in [0.05, 0.1) is 6.61 Å². The molecule has 0 aliphatic heterocycles. The fourth-order valence-corrected chi connectivity index (χ4v) is 6.08. The molecule has 0 atom stereocenters. The van der Waals surface area contributed by atoms with Crippen LogP contribution in [0.2, 0.25) is 0 Å². The Bertz CT molecular complexity index is 816. The molecular formula is C31H42O. The van der Waals surface area contributed by atoms with Crippen molar-refractivity contribution < 1.29 is 4.74 Å². The lowest BCUT2D eigenvalue weighted by atomic mass is 9.68. The monoisotopic (exact) mass is 430 g/mol. The van der Waals surface area contributed by atoms with Crippen molar-refractivity contribution in [2.45, 2.75) is 84.2 Å². The minimum absolute atomic E-state index is 0.715. The van der Waals surface area contributed by atoms with Crippen molar-refractivity contribution in [3.05, 3.63) is 71.8 Å². The zero-order valence-corrected chi connectivity index (χ0v) is 20.3. The highest BCUT2D eigenvalue weighted by molar-refractivity contribution is 5.64. The minimum atomic E-state index is 0.715. The van der Waals surface area contributed by atoms with Gasteiger partial charge < -0.3 is 4.74 Å². The van der Waals surface area contributed by atoms with Crippen LogP contribution in [-0.2, 0) is 11.3 Å². The number of rotatable bonds is 8. The topological polar surface area (TPSA) is 9.23 Å². The van der Waals surface area contributed by atoms with Crippen molar-refractivity contribution in [1.29, 1.82) is 0 Å². The summed E-state index contributed by atoms with van der Waals surface area (Å²) in [4.78, 5) is 0. The summed E-state index contributed by atoms with van der Waals surface area (Å²) in [5, 5.41) is 0. The Balaban J connectivity index is 1.27. The van der Waals surface area contributed by atoms with Gasteiger partial charge >= 0.3 is 0 Å². The Kier molecular flexibility index (Phi) is 8.62. The largest absolute Gasteiger partial charge is 0.377 e. The lowest BCUT2D eigenvalue weighted by Gasteiger charge is -2.37. The van der Waals surface area contributed by atoms with Crippen molar-refractivity contribution in [2.24, 2.45) is 17.8 Å². The van der Waals surface area contributed by atoms with Gasteiger partial charge in [-0.25, -0.2) is 0 Å². The van der Waals surface area contributed by atoms with Crippen LogP contribution in [0.4, 0.5) is 0 Å². The Morgan fingerprint density at radius 1 is 0.750 bits per heavy atom. The van der Waals surface area contributed by atoms with Crippen LogP contribution in [0, 0.1) is 17.8 Å². The van der Waals surface area contributed by atoms with E-state index in [0.717, 1.165) is 36.7 Å². The molecule has 2 saturated carbocycles. The highest BCUT2D eigenvalue weighted by atomic mass is 16.5. The summed E-state index contributed by atoms with van der Waals surface area (Å²) in [7, 11) is 0. The molecule has 0 N–H and O–H groups in total. The zero-order chi connectivity index (χ0) is 22.2. The molecule has 0 saturated heterocycles. The molecule has 0 heterocycles. The van der Waals surface area contributed by atoms with Crippen molar-refractivity contribution in [1.82, 2.24) is 0 Å². The molecule has 2 aromatic rings. The highest BCUT2D eigenvalue weighted by Crippen LogP contribution is 2.44. The van der Waals surface area contributed by atoms with E-state index in [4.69, 9.17) is 4.74 Å². The lowest BCUT2D eigenvalue weighted by molar-refractivity contribution is 0.121. The first kappa shape index (κ1) is 23.3. The van der Waals surface area contributed by atoms with E-state index in [2.05, 4.69) is 74.5 Å². The van der Waals surface area contributed by atoms with E-state index < -0.39 is 0 Å². The molecule has 0 radical (unpaired) electrons. The van der Waals surface area contributed by atoms with Gasteiger partial charge in [-0.05, 0) is 111 Å². The van der Waals surface area contributed by atoms with E-state index in [1.807, 2.05) is 0 Å². The summed E-state index contributed by atoms with van der Waals surface area (Å²) < 4.78 is 5.66.